The molecule has 0 saturated heterocycles. The fraction of sp³-hybridized carbons (Fsp3) is 0.500. The van der Waals surface area contributed by atoms with Crippen molar-refractivity contribution in [2.45, 2.75) is 82.7 Å². The number of aliphatic hydroxyl groups is 1. The van der Waals surface area contributed by atoms with Gasteiger partial charge >= 0.3 is 0 Å². The van der Waals surface area contributed by atoms with Gasteiger partial charge in [-0.15, -0.1) is 13.2 Å². The van der Waals surface area contributed by atoms with E-state index in [4.69, 9.17) is 9.47 Å². The van der Waals surface area contributed by atoms with Crippen LogP contribution in [0, 0.1) is 17.6 Å². The Morgan fingerprint density at radius 2 is 1.85 bits per heavy atom. The molecule has 3 rings (SSSR count). The zero-order chi connectivity index (χ0) is 33.8. The van der Waals surface area contributed by atoms with Crippen LogP contribution in [0.4, 0.5) is 8.78 Å². The van der Waals surface area contributed by atoms with Crippen LogP contribution in [-0.4, -0.2) is 67.3 Å². The van der Waals surface area contributed by atoms with E-state index in [0.29, 0.717) is 25.2 Å². The van der Waals surface area contributed by atoms with Crippen molar-refractivity contribution in [3.05, 3.63) is 90.0 Å². The molecule has 1 aliphatic carbocycles. The number of amides is 2. The third-order valence-corrected chi connectivity index (χ3v) is 8.54. The second-order valence-electron chi connectivity index (χ2n) is 12.0. The van der Waals surface area contributed by atoms with E-state index < -0.39 is 35.7 Å². The lowest BCUT2D eigenvalue weighted by Crippen LogP contribution is -2.55. The summed E-state index contributed by atoms with van der Waals surface area (Å²) in [6.07, 6.45) is 5.20. The number of ether oxygens (including phenoxy) is 2. The second kappa shape index (κ2) is 17.9. The quantitative estimate of drug-likeness (QED) is 0.174. The molecule has 8 nitrogen and oxygen atoms in total. The van der Waals surface area contributed by atoms with Crippen molar-refractivity contribution in [2.75, 3.05) is 27.3 Å². The van der Waals surface area contributed by atoms with Crippen molar-refractivity contribution >= 4 is 11.8 Å². The number of halogens is 2. The highest BCUT2D eigenvalue weighted by Crippen LogP contribution is 2.42. The maximum Gasteiger partial charge on any atom is 0.243 e. The maximum absolute atomic E-state index is 14.1. The molecule has 6 atom stereocenters. The maximum atomic E-state index is 14.1. The van der Waals surface area contributed by atoms with Crippen molar-refractivity contribution < 1.29 is 33.0 Å². The zero-order valence-corrected chi connectivity index (χ0v) is 27.4. The number of likely N-dealkylation sites (N-methyl/N-ethyl adjacent to an activating group) is 1. The average molecular weight is 642 g/mol. The first-order chi connectivity index (χ1) is 22.0. The van der Waals surface area contributed by atoms with Crippen molar-refractivity contribution in [1.29, 1.82) is 0 Å². The lowest BCUT2D eigenvalue weighted by Gasteiger charge is -2.32. The first-order valence-corrected chi connectivity index (χ1v) is 16.0. The van der Waals surface area contributed by atoms with E-state index in [9.17, 15) is 23.5 Å². The van der Waals surface area contributed by atoms with E-state index in [0.717, 1.165) is 30.0 Å². The summed E-state index contributed by atoms with van der Waals surface area (Å²) in [5.41, 5.74) is 2.24. The van der Waals surface area contributed by atoms with Crippen LogP contribution in [-0.2, 0) is 20.7 Å². The SMILES string of the molecule is C=CCO[C@@H]1C[C@@H](NC[C@H](O)[C@H](Cc2cc(F)cc(F)c2)NC(=O)[C@H](CC=C)N(C)C(=O)[C@@H](C)CCCC)c2cc(OC)ccc21. The minimum atomic E-state index is -1.16. The Labute approximate surface area is 271 Å². The summed E-state index contributed by atoms with van der Waals surface area (Å²) in [4.78, 5) is 28.3. The van der Waals surface area contributed by atoms with Crippen molar-refractivity contribution in [2.24, 2.45) is 5.92 Å². The largest absolute Gasteiger partial charge is 0.497 e. The van der Waals surface area contributed by atoms with Gasteiger partial charge in [-0.1, -0.05) is 44.9 Å². The number of hydrogen-bond acceptors (Lipinski definition) is 6. The summed E-state index contributed by atoms with van der Waals surface area (Å²) in [6.45, 7) is 11.8. The molecule has 46 heavy (non-hydrogen) atoms. The minimum absolute atomic E-state index is 0.0468. The first kappa shape index (κ1) is 36.9. The van der Waals surface area contributed by atoms with Crippen LogP contribution in [0.2, 0.25) is 0 Å². The fourth-order valence-electron chi connectivity index (χ4n) is 5.96. The van der Waals surface area contributed by atoms with E-state index in [1.54, 1.807) is 26.3 Å². The fourth-order valence-corrected chi connectivity index (χ4v) is 5.96. The van der Waals surface area contributed by atoms with Gasteiger partial charge in [0.25, 0.3) is 0 Å². The number of benzene rings is 2. The van der Waals surface area contributed by atoms with Crippen LogP contribution in [0.25, 0.3) is 0 Å². The molecule has 0 aliphatic heterocycles. The van der Waals surface area contributed by atoms with Crippen molar-refractivity contribution in [1.82, 2.24) is 15.5 Å². The monoisotopic (exact) mass is 641 g/mol. The average Bonchev–Trinajstić information content (AvgIpc) is 3.38. The molecule has 0 unspecified atom stereocenters. The Morgan fingerprint density at radius 1 is 1.13 bits per heavy atom. The van der Waals surface area contributed by atoms with Gasteiger partial charge in [0.05, 0.1) is 32.0 Å². The van der Waals surface area contributed by atoms with Gasteiger partial charge in [0.2, 0.25) is 11.8 Å². The molecule has 0 fully saturated rings. The van der Waals surface area contributed by atoms with Gasteiger partial charge in [-0.3, -0.25) is 9.59 Å². The molecule has 0 bridgehead atoms. The summed E-state index contributed by atoms with van der Waals surface area (Å²) >= 11 is 0. The molecule has 3 N–H and O–H groups in total. The second-order valence-corrected chi connectivity index (χ2v) is 12.0. The van der Waals surface area contributed by atoms with E-state index in [1.807, 2.05) is 25.1 Å². The van der Waals surface area contributed by atoms with Gasteiger partial charge in [0.15, 0.2) is 0 Å². The van der Waals surface area contributed by atoms with Crippen LogP contribution in [0.3, 0.4) is 0 Å². The molecular formula is C36H49F2N3O5. The van der Waals surface area contributed by atoms with Gasteiger partial charge in [-0.2, -0.15) is 0 Å². The molecule has 0 heterocycles. The molecule has 2 aromatic rings. The zero-order valence-electron chi connectivity index (χ0n) is 27.4. The number of carbonyl (C=O) groups is 2. The lowest BCUT2D eigenvalue weighted by atomic mass is 9.98. The van der Waals surface area contributed by atoms with Gasteiger partial charge in [0.1, 0.15) is 23.4 Å². The van der Waals surface area contributed by atoms with Crippen LogP contribution >= 0.6 is 0 Å². The molecule has 252 valence electrons. The van der Waals surface area contributed by atoms with Gasteiger partial charge in [-0.25, -0.2) is 8.78 Å². The Balaban J connectivity index is 1.82. The summed E-state index contributed by atoms with van der Waals surface area (Å²) in [6, 6.07) is 6.88. The summed E-state index contributed by atoms with van der Waals surface area (Å²) in [7, 11) is 3.18. The van der Waals surface area contributed by atoms with E-state index in [1.165, 1.54) is 17.0 Å². The Kier molecular flexibility index (Phi) is 14.4. The summed E-state index contributed by atoms with van der Waals surface area (Å²) < 4.78 is 39.7. The Morgan fingerprint density at radius 3 is 2.48 bits per heavy atom. The predicted molar refractivity (Wildman–Crippen MR) is 175 cm³/mol. The van der Waals surface area contributed by atoms with Crippen LogP contribution in [0.15, 0.2) is 61.7 Å². The highest BCUT2D eigenvalue weighted by molar-refractivity contribution is 5.88. The molecule has 10 heteroatoms. The van der Waals surface area contributed by atoms with Crippen molar-refractivity contribution in [3.63, 3.8) is 0 Å². The van der Waals surface area contributed by atoms with Crippen molar-refractivity contribution in [3.8, 4) is 5.75 Å². The smallest absolute Gasteiger partial charge is 0.243 e. The number of carbonyl (C=O) groups excluding carboxylic acids is 2. The molecule has 2 aromatic carbocycles. The first-order valence-electron chi connectivity index (χ1n) is 16.0. The molecule has 0 spiro atoms. The lowest BCUT2D eigenvalue weighted by molar-refractivity contribution is -0.142. The predicted octanol–water partition coefficient (Wildman–Crippen LogP) is 5.57. The molecule has 0 radical (unpaired) electrons. The van der Waals surface area contributed by atoms with Gasteiger partial charge in [0, 0.05) is 31.6 Å². The normalized spacial score (nSPS) is 18.2. The Hall–Kier alpha value is -3.60. The number of fused-ring (bicyclic) bond motifs is 1. The number of nitrogens with zero attached hydrogens (tertiary/aromatic N) is 1. The number of hydrogen-bond donors (Lipinski definition) is 3. The van der Waals surface area contributed by atoms with Gasteiger partial charge < -0.3 is 30.1 Å². The van der Waals surface area contributed by atoms with E-state index in [-0.39, 0.29) is 48.9 Å². The number of aliphatic hydroxyl groups excluding tert-OH is 1. The summed E-state index contributed by atoms with van der Waals surface area (Å²) in [5, 5.41) is 17.8. The number of rotatable bonds is 19. The molecular weight excluding hydrogens is 592 g/mol. The number of methoxy groups -OCH3 is 1. The third-order valence-electron chi connectivity index (χ3n) is 8.54. The third kappa shape index (κ3) is 9.95. The van der Waals surface area contributed by atoms with Gasteiger partial charge in [-0.05, 0) is 66.6 Å². The van der Waals surface area contributed by atoms with E-state index >= 15 is 0 Å². The van der Waals surface area contributed by atoms with Crippen LogP contribution in [0.5, 0.6) is 5.75 Å². The molecule has 0 aromatic heterocycles. The standard InChI is InChI=1S/C36H49F2N3O5/c1-7-10-12-23(4)36(44)41(5)32(11-8-2)35(43)40-31(18-24-16-25(37)19-26(38)17-24)33(42)22-39-30-21-34(46-15-9-3)28-14-13-27(45-6)20-29(28)30/h8-9,13-14,16-17,19-20,23,30-34,39,42H,2-3,7,10-12,15,18,21-22H2,1,4-6H3,(H,40,43)/t23-,30+,31-,32-,33-,34+/m0/s1. The highest BCUT2D eigenvalue weighted by Gasteiger charge is 2.34. The molecule has 0 saturated carbocycles. The number of nitrogens with one attached hydrogen (secondary N) is 2. The van der Waals surface area contributed by atoms with Crippen LogP contribution < -0.4 is 15.4 Å². The molecule has 2 amide bonds. The Bertz CT molecular complexity index is 1320. The minimum Gasteiger partial charge on any atom is -0.497 e. The topological polar surface area (TPSA) is 100 Å². The highest BCUT2D eigenvalue weighted by atomic mass is 19.1. The van der Waals surface area contributed by atoms with E-state index in [2.05, 4.69) is 30.7 Å². The van der Waals surface area contributed by atoms with Crippen LogP contribution in [0.1, 0.15) is 74.8 Å². The summed E-state index contributed by atoms with van der Waals surface area (Å²) in [5.74, 6) is -1.75. The number of unbranched alkanes of at least 4 members (excludes halogenated alkanes) is 1. The molecule has 1 aliphatic rings.